The maximum atomic E-state index is 12.6. The zero-order valence-electron chi connectivity index (χ0n) is 9.05. The third-order valence-electron chi connectivity index (χ3n) is 3.24. The Morgan fingerprint density at radius 1 is 1.50 bits per heavy atom. The predicted octanol–water partition coefficient (Wildman–Crippen LogP) is 2.03. The molecule has 92 valence electrons. The van der Waals surface area contributed by atoms with Crippen molar-refractivity contribution in [1.82, 2.24) is 10.4 Å². The first-order chi connectivity index (χ1) is 7.45. The largest absolute Gasteiger partial charge is 0.394 e. The Hall–Kier alpha value is -0.750. The van der Waals surface area contributed by atoms with Crippen molar-refractivity contribution >= 4 is 0 Å². The Kier molecular flexibility index (Phi) is 2.88. The van der Waals surface area contributed by atoms with Crippen molar-refractivity contribution in [3.63, 3.8) is 0 Å². The van der Waals surface area contributed by atoms with Crippen LogP contribution < -0.4 is 5.43 Å². The number of rotatable bonds is 4. The molecule has 0 amide bonds. The van der Waals surface area contributed by atoms with Gasteiger partial charge in [0, 0.05) is 19.9 Å². The normalized spacial score (nSPS) is 28.1. The fraction of sp³-hybridized carbons (Fsp3) is 0.800. The molecule has 1 unspecified atom stereocenters. The summed E-state index contributed by atoms with van der Waals surface area (Å²) in [6.07, 6.45) is -0.304. The summed E-state index contributed by atoms with van der Waals surface area (Å²) < 4.78 is 43.1. The summed E-state index contributed by atoms with van der Waals surface area (Å²) in [5.41, 5.74) is 1.41. The van der Waals surface area contributed by atoms with Crippen LogP contribution in [-0.2, 0) is 4.74 Å². The first-order valence-electron chi connectivity index (χ1n) is 5.29. The van der Waals surface area contributed by atoms with Crippen LogP contribution in [0.4, 0.5) is 13.2 Å². The fourth-order valence-corrected chi connectivity index (χ4v) is 1.81. The van der Waals surface area contributed by atoms with Gasteiger partial charge < -0.3 is 10.2 Å². The predicted molar refractivity (Wildman–Crippen MR) is 52.1 cm³/mol. The molecule has 0 bridgehead atoms. The summed E-state index contributed by atoms with van der Waals surface area (Å²) in [6, 6.07) is 0. The van der Waals surface area contributed by atoms with E-state index in [4.69, 9.17) is 4.74 Å². The molecule has 1 N–H and O–H groups in total. The van der Waals surface area contributed by atoms with Gasteiger partial charge in [-0.3, -0.25) is 0 Å². The molecule has 0 spiro atoms. The molecule has 2 rings (SSSR count). The summed E-state index contributed by atoms with van der Waals surface area (Å²) in [4.78, 5) is 0. The highest BCUT2D eigenvalue weighted by molar-refractivity contribution is 4.99. The molecule has 1 saturated carbocycles. The molecule has 0 aromatic carbocycles. The lowest BCUT2D eigenvalue weighted by Crippen LogP contribution is -2.36. The van der Waals surface area contributed by atoms with Crippen molar-refractivity contribution in [1.29, 1.82) is 0 Å². The number of nitrogens with one attached hydrogen (secondary N) is 1. The molecule has 3 nitrogen and oxygen atoms in total. The number of halogens is 3. The smallest absolute Gasteiger partial charge is 0.358 e. The lowest BCUT2D eigenvalue weighted by atomic mass is 10.0. The quantitative estimate of drug-likeness (QED) is 0.808. The number of nitrogens with zero attached hydrogens (tertiary/aromatic N) is 1. The Morgan fingerprint density at radius 2 is 2.19 bits per heavy atom. The van der Waals surface area contributed by atoms with Crippen LogP contribution in [0.3, 0.4) is 0 Å². The topological polar surface area (TPSA) is 24.5 Å². The van der Waals surface area contributed by atoms with Crippen LogP contribution in [0.15, 0.2) is 12.3 Å². The van der Waals surface area contributed by atoms with Crippen LogP contribution in [-0.4, -0.2) is 31.1 Å². The average molecular weight is 236 g/mol. The van der Waals surface area contributed by atoms with Gasteiger partial charge in [-0.2, -0.15) is 18.2 Å². The Morgan fingerprint density at radius 3 is 2.62 bits per heavy atom. The maximum absolute atomic E-state index is 12.6. The van der Waals surface area contributed by atoms with Gasteiger partial charge in [-0.25, -0.2) is 0 Å². The molecular weight excluding hydrogens is 221 g/mol. The molecule has 1 heterocycles. The molecule has 1 atom stereocenters. The number of hydrazine groups is 1. The van der Waals surface area contributed by atoms with E-state index in [1.165, 1.54) is 0 Å². The molecule has 6 heteroatoms. The standard InChI is InChI=1S/C10H15F3N2O/c1-15-8(2-6-14-15)16-7-5-9(3-4-9)10(11,12)13/h2,6,8,14H,3-5,7H2,1H3. The third kappa shape index (κ3) is 2.17. The minimum Gasteiger partial charge on any atom is -0.358 e. The van der Waals surface area contributed by atoms with Gasteiger partial charge in [-0.15, -0.1) is 0 Å². The number of alkyl halides is 3. The minimum atomic E-state index is -4.08. The van der Waals surface area contributed by atoms with Crippen molar-refractivity contribution in [2.75, 3.05) is 13.7 Å². The van der Waals surface area contributed by atoms with E-state index >= 15 is 0 Å². The first kappa shape index (κ1) is 11.7. The first-order valence-corrected chi connectivity index (χ1v) is 5.29. The Labute approximate surface area is 92.2 Å². The molecule has 0 aromatic heterocycles. The zero-order valence-corrected chi connectivity index (χ0v) is 9.05. The van der Waals surface area contributed by atoms with E-state index in [0.717, 1.165) is 0 Å². The molecule has 0 radical (unpaired) electrons. The van der Waals surface area contributed by atoms with Gasteiger partial charge in [0.25, 0.3) is 0 Å². The van der Waals surface area contributed by atoms with Crippen molar-refractivity contribution in [2.45, 2.75) is 31.7 Å². The van der Waals surface area contributed by atoms with E-state index in [2.05, 4.69) is 5.43 Å². The zero-order chi connectivity index (χ0) is 11.8. The van der Waals surface area contributed by atoms with E-state index in [9.17, 15) is 13.2 Å². The second-order valence-corrected chi connectivity index (χ2v) is 4.39. The average Bonchev–Trinajstić information content (AvgIpc) is 2.87. The molecule has 16 heavy (non-hydrogen) atoms. The van der Waals surface area contributed by atoms with Gasteiger partial charge in [0.05, 0.1) is 5.41 Å². The van der Waals surface area contributed by atoms with Gasteiger partial charge in [-0.05, 0) is 25.3 Å². The van der Waals surface area contributed by atoms with Crippen LogP contribution in [0.25, 0.3) is 0 Å². The maximum Gasteiger partial charge on any atom is 0.394 e. The van der Waals surface area contributed by atoms with Crippen molar-refractivity contribution in [2.24, 2.45) is 5.41 Å². The molecule has 1 aliphatic heterocycles. The highest BCUT2D eigenvalue weighted by Crippen LogP contribution is 2.59. The van der Waals surface area contributed by atoms with Crippen molar-refractivity contribution in [3.05, 3.63) is 12.3 Å². The van der Waals surface area contributed by atoms with Gasteiger partial charge >= 0.3 is 6.18 Å². The molecule has 0 aromatic rings. The lowest BCUT2D eigenvalue weighted by molar-refractivity contribution is -0.193. The van der Waals surface area contributed by atoms with E-state index in [1.807, 2.05) is 0 Å². The fourth-order valence-electron chi connectivity index (χ4n) is 1.81. The molecule has 1 fully saturated rings. The van der Waals surface area contributed by atoms with Crippen LogP contribution in [0.1, 0.15) is 19.3 Å². The van der Waals surface area contributed by atoms with Crippen molar-refractivity contribution in [3.8, 4) is 0 Å². The minimum absolute atomic E-state index is 0.0642. The molecule has 0 saturated heterocycles. The van der Waals surface area contributed by atoms with E-state index in [0.29, 0.717) is 0 Å². The molecular formula is C10H15F3N2O. The highest BCUT2D eigenvalue weighted by Gasteiger charge is 2.62. The van der Waals surface area contributed by atoms with E-state index in [-0.39, 0.29) is 32.1 Å². The Balaban J connectivity index is 1.74. The summed E-state index contributed by atoms with van der Waals surface area (Å²) in [5.74, 6) is 0. The summed E-state index contributed by atoms with van der Waals surface area (Å²) in [6.45, 7) is 0.139. The van der Waals surface area contributed by atoms with E-state index in [1.54, 1.807) is 24.3 Å². The number of hydrogen-bond acceptors (Lipinski definition) is 3. The third-order valence-corrected chi connectivity index (χ3v) is 3.24. The van der Waals surface area contributed by atoms with Crippen LogP contribution in [0.2, 0.25) is 0 Å². The van der Waals surface area contributed by atoms with Crippen LogP contribution >= 0.6 is 0 Å². The molecule has 1 aliphatic carbocycles. The number of likely N-dealkylation sites (N-methyl/N-ethyl adjacent to an activating group) is 1. The summed E-state index contributed by atoms with van der Waals surface area (Å²) in [7, 11) is 1.78. The van der Waals surface area contributed by atoms with Crippen molar-refractivity contribution < 1.29 is 17.9 Å². The van der Waals surface area contributed by atoms with Gasteiger partial charge in [0.2, 0.25) is 0 Å². The monoisotopic (exact) mass is 236 g/mol. The SMILES string of the molecule is CN1NC=CC1OCCC1(C(F)(F)F)CC1. The van der Waals surface area contributed by atoms with Crippen LogP contribution in [0.5, 0.6) is 0 Å². The van der Waals surface area contributed by atoms with Gasteiger partial charge in [0.1, 0.15) is 6.23 Å². The number of hydrogen-bond donors (Lipinski definition) is 1. The summed E-state index contributed by atoms with van der Waals surface area (Å²) >= 11 is 0. The highest BCUT2D eigenvalue weighted by atomic mass is 19.4. The Bertz CT molecular complexity index is 286. The number of ether oxygens (including phenoxy) is 1. The van der Waals surface area contributed by atoms with Gasteiger partial charge in [0.15, 0.2) is 0 Å². The summed E-state index contributed by atoms with van der Waals surface area (Å²) in [5, 5.41) is 1.70. The van der Waals surface area contributed by atoms with E-state index < -0.39 is 11.6 Å². The lowest BCUT2D eigenvalue weighted by Gasteiger charge is -2.22. The molecule has 2 aliphatic rings. The second-order valence-electron chi connectivity index (χ2n) is 4.39. The van der Waals surface area contributed by atoms with Crippen LogP contribution in [0, 0.1) is 5.41 Å². The van der Waals surface area contributed by atoms with Gasteiger partial charge in [-0.1, -0.05) is 0 Å². The second kappa shape index (κ2) is 3.92.